The van der Waals surface area contributed by atoms with Crippen LogP contribution in [-0.2, 0) is 11.3 Å². The number of nitrogens with zero attached hydrogens (tertiary/aromatic N) is 1. The van der Waals surface area contributed by atoms with Crippen molar-refractivity contribution in [3.05, 3.63) is 69.8 Å². The molecule has 0 aliphatic rings. The van der Waals surface area contributed by atoms with Crippen molar-refractivity contribution in [1.29, 1.82) is 0 Å². The van der Waals surface area contributed by atoms with Crippen LogP contribution in [0.2, 0.25) is 0 Å². The summed E-state index contributed by atoms with van der Waals surface area (Å²) in [6.45, 7) is 4.67. The zero-order chi connectivity index (χ0) is 15.9. The Morgan fingerprint density at radius 1 is 1.18 bits per heavy atom. The molecule has 0 aliphatic heterocycles. The molecule has 0 fully saturated rings. The van der Waals surface area contributed by atoms with Gasteiger partial charge in [0.05, 0.1) is 17.1 Å². The predicted molar refractivity (Wildman–Crippen MR) is 83.9 cm³/mol. The van der Waals surface area contributed by atoms with Crippen molar-refractivity contribution in [2.24, 2.45) is 0 Å². The Kier molecular flexibility index (Phi) is 5.49. The number of hydrogen-bond acceptors (Lipinski definition) is 4. The second-order valence-corrected chi connectivity index (χ2v) is 4.89. The second-order valence-electron chi connectivity index (χ2n) is 4.89. The molecule has 116 valence electrons. The van der Waals surface area contributed by atoms with E-state index in [1.165, 1.54) is 12.1 Å². The fraction of sp³-hybridized carbons (Fsp3) is 0.294. The summed E-state index contributed by atoms with van der Waals surface area (Å²) in [5.74, 6) is 0.472. The van der Waals surface area contributed by atoms with E-state index in [0.717, 1.165) is 11.1 Å². The van der Waals surface area contributed by atoms with Crippen LogP contribution < -0.4 is 4.74 Å². The molecule has 0 saturated carbocycles. The molecule has 0 aliphatic carbocycles. The normalized spacial score (nSPS) is 11.9. The van der Waals surface area contributed by atoms with Crippen LogP contribution in [0.25, 0.3) is 0 Å². The number of benzene rings is 2. The molecule has 1 atom stereocenters. The summed E-state index contributed by atoms with van der Waals surface area (Å²) in [5, 5.41) is 11.1. The van der Waals surface area contributed by atoms with E-state index in [-0.39, 0.29) is 11.8 Å². The van der Waals surface area contributed by atoms with Crippen LogP contribution in [0.3, 0.4) is 0 Å². The number of ether oxygens (including phenoxy) is 2. The third-order valence-corrected chi connectivity index (χ3v) is 3.26. The maximum atomic E-state index is 11.1. The first-order valence-corrected chi connectivity index (χ1v) is 7.18. The van der Waals surface area contributed by atoms with Crippen molar-refractivity contribution in [3.63, 3.8) is 0 Å². The van der Waals surface area contributed by atoms with Gasteiger partial charge in [-0.2, -0.15) is 0 Å². The van der Waals surface area contributed by atoms with Crippen LogP contribution in [0, 0.1) is 10.1 Å². The standard InChI is InChI=1S/C17H19NO4/c1-3-21-13(2)15-9-16(18(19)20)11-17(10-15)22-12-14-7-5-4-6-8-14/h4-11,13H,3,12H2,1-2H3. The number of hydrogen-bond donors (Lipinski definition) is 0. The molecule has 2 aromatic carbocycles. The highest BCUT2D eigenvalue weighted by Crippen LogP contribution is 2.28. The highest BCUT2D eigenvalue weighted by molar-refractivity contribution is 5.43. The number of rotatable bonds is 7. The Morgan fingerprint density at radius 3 is 2.55 bits per heavy atom. The Bertz CT molecular complexity index is 628. The molecule has 1 unspecified atom stereocenters. The van der Waals surface area contributed by atoms with Crippen LogP contribution in [0.1, 0.15) is 31.1 Å². The molecule has 2 aromatic rings. The molecule has 0 heterocycles. The van der Waals surface area contributed by atoms with Crippen LogP contribution in [0.4, 0.5) is 5.69 Å². The van der Waals surface area contributed by atoms with Crippen molar-refractivity contribution in [3.8, 4) is 5.75 Å². The van der Waals surface area contributed by atoms with Gasteiger partial charge in [0.25, 0.3) is 5.69 Å². The van der Waals surface area contributed by atoms with Crippen LogP contribution >= 0.6 is 0 Å². The monoisotopic (exact) mass is 301 g/mol. The molecule has 0 N–H and O–H groups in total. The van der Waals surface area contributed by atoms with E-state index < -0.39 is 4.92 Å². The number of nitro benzene ring substituents is 1. The molecule has 0 spiro atoms. The lowest BCUT2D eigenvalue weighted by Gasteiger charge is -2.14. The average Bonchev–Trinajstić information content (AvgIpc) is 2.54. The molecule has 0 saturated heterocycles. The topological polar surface area (TPSA) is 61.6 Å². The zero-order valence-corrected chi connectivity index (χ0v) is 12.7. The largest absolute Gasteiger partial charge is 0.489 e. The van der Waals surface area contributed by atoms with Crippen molar-refractivity contribution < 1.29 is 14.4 Å². The molecular weight excluding hydrogens is 282 g/mol. The van der Waals surface area contributed by atoms with Gasteiger partial charge >= 0.3 is 0 Å². The van der Waals surface area contributed by atoms with Crippen molar-refractivity contribution in [1.82, 2.24) is 0 Å². The third-order valence-electron chi connectivity index (χ3n) is 3.26. The summed E-state index contributed by atoms with van der Waals surface area (Å²) < 4.78 is 11.2. The first-order valence-electron chi connectivity index (χ1n) is 7.18. The lowest BCUT2D eigenvalue weighted by molar-refractivity contribution is -0.385. The van der Waals surface area contributed by atoms with Crippen molar-refractivity contribution in [2.45, 2.75) is 26.6 Å². The molecule has 0 radical (unpaired) electrons. The van der Waals surface area contributed by atoms with Gasteiger partial charge in [-0.15, -0.1) is 0 Å². The first-order chi connectivity index (χ1) is 10.6. The minimum Gasteiger partial charge on any atom is -0.489 e. The zero-order valence-electron chi connectivity index (χ0n) is 12.7. The molecule has 22 heavy (non-hydrogen) atoms. The summed E-state index contributed by atoms with van der Waals surface area (Å²) in [5.41, 5.74) is 1.75. The quantitative estimate of drug-likeness (QED) is 0.566. The molecule has 0 bridgehead atoms. The Hall–Kier alpha value is -2.40. The summed E-state index contributed by atoms with van der Waals surface area (Å²) in [4.78, 5) is 10.7. The van der Waals surface area contributed by atoms with Crippen LogP contribution in [0.15, 0.2) is 48.5 Å². The maximum absolute atomic E-state index is 11.1. The molecule has 0 amide bonds. The van der Waals surface area contributed by atoms with Gasteiger partial charge in [0, 0.05) is 12.7 Å². The van der Waals surface area contributed by atoms with Gasteiger partial charge in [-0.3, -0.25) is 10.1 Å². The van der Waals surface area contributed by atoms with Gasteiger partial charge < -0.3 is 9.47 Å². The molecule has 2 rings (SSSR count). The smallest absolute Gasteiger partial charge is 0.273 e. The van der Waals surface area contributed by atoms with E-state index in [2.05, 4.69) is 0 Å². The fourth-order valence-electron chi connectivity index (χ4n) is 2.12. The fourth-order valence-corrected chi connectivity index (χ4v) is 2.12. The lowest BCUT2D eigenvalue weighted by atomic mass is 10.1. The van der Waals surface area contributed by atoms with Gasteiger partial charge in [-0.1, -0.05) is 30.3 Å². The van der Waals surface area contributed by atoms with E-state index >= 15 is 0 Å². The van der Waals surface area contributed by atoms with E-state index in [0.29, 0.717) is 19.0 Å². The molecule has 0 aromatic heterocycles. The Balaban J connectivity index is 2.20. The van der Waals surface area contributed by atoms with E-state index in [1.807, 2.05) is 44.2 Å². The molecular formula is C17H19NO4. The minimum absolute atomic E-state index is 0.00659. The van der Waals surface area contributed by atoms with Crippen molar-refractivity contribution >= 4 is 5.69 Å². The summed E-state index contributed by atoms with van der Waals surface area (Å²) in [6.07, 6.45) is -0.219. The van der Waals surface area contributed by atoms with Crippen molar-refractivity contribution in [2.75, 3.05) is 6.61 Å². The number of nitro groups is 1. The highest BCUT2D eigenvalue weighted by Gasteiger charge is 2.15. The number of non-ortho nitro benzene ring substituents is 1. The molecule has 5 nitrogen and oxygen atoms in total. The summed E-state index contributed by atoms with van der Waals surface area (Å²) in [6, 6.07) is 14.4. The van der Waals surface area contributed by atoms with Crippen LogP contribution in [0.5, 0.6) is 5.75 Å². The SMILES string of the molecule is CCOC(C)c1cc(OCc2ccccc2)cc([N+](=O)[O-])c1. The van der Waals surface area contributed by atoms with Gasteiger partial charge in [-0.25, -0.2) is 0 Å². The predicted octanol–water partition coefficient (Wildman–Crippen LogP) is 4.27. The molecule has 5 heteroatoms. The van der Waals surface area contributed by atoms with E-state index in [9.17, 15) is 10.1 Å². The summed E-state index contributed by atoms with van der Waals surface area (Å²) >= 11 is 0. The highest BCUT2D eigenvalue weighted by atomic mass is 16.6. The van der Waals surface area contributed by atoms with Gasteiger partial charge in [0.1, 0.15) is 12.4 Å². The van der Waals surface area contributed by atoms with E-state index in [1.54, 1.807) is 6.07 Å². The minimum atomic E-state index is -0.419. The third kappa shape index (κ3) is 4.30. The average molecular weight is 301 g/mol. The Labute approximate surface area is 129 Å². The van der Waals surface area contributed by atoms with Crippen LogP contribution in [-0.4, -0.2) is 11.5 Å². The lowest BCUT2D eigenvalue weighted by Crippen LogP contribution is -2.02. The summed E-state index contributed by atoms with van der Waals surface area (Å²) in [7, 11) is 0. The van der Waals surface area contributed by atoms with E-state index in [4.69, 9.17) is 9.47 Å². The van der Waals surface area contributed by atoms with Gasteiger partial charge in [-0.05, 0) is 31.0 Å². The first kappa shape index (κ1) is 16.0. The Morgan fingerprint density at radius 2 is 1.91 bits per heavy atom. The maximum Gasteiger partial charge on any atom is 0.273 e. The van der Waals surface area contributed by atoms with Gasteiger partial charge in [0.2, 0.25) is 0 Å². The second kappa shape index (κ2) is 7.56. The van der Waals surface area contributed by atoms with Gasteiger partial charge in [0.15, 0.2) is 0 Å².